The van der Waals surface area contributed by atoms with E-state index < -0.39 is 5.97 Å². The van der Waals surface area contributed by atoms with Crippen LogP contribution in [0.3, 0.4) is 0 Å². The minimum Gasteiger partial charge on any atom is -0.481 e. The van der Waals surface area contributed by atoms with Crippen LogP contribution in [-0.2, 0) is 9.59 Å². The van der Waals surface area contributed by atoms with Gasteiger partial charge < -0.3 is 5.11 Å². The number of amides is 1. The van der Waals surface area contributed by atoms with Gasteiger partial charge in [0, 0.05) is 30.9 Å². The number of thioether (sulfide) groups is 1. The molecule has 1 aromatic carbocycles. The smallest absolute Gasteiger partial charge is 0.303 e. The quantitative estimate of drug-likeness (QED) is 0.603. The Morgan fingerprint density at radius 1 is 1.27 bits per heavy atom. The van der Waals surface area contributed by atoms with Gasteiger partial charge in [0.25, 0.3) is 5.91 Å². The molecule has 1 aliphatic heterocycles. The molecule has 132 valence electrons. The molecule has 1 amide bonds. The molecule has 0 saturated carbocycles. The van der Waals surface area contributed by atoms with E-state index in [1.54, 1.807) is 12.4 Å². The Kier molecular flexibility index (Phi) is 5.80. The van der Waals surface area contributed by atoms with Crippen LogP contribution >= 0.6 is 24.0 Å². The number of carboxylic acid groups (broad SMARTS) is 1. The second kappa shape index (κ2) is 8.25. The number of pyridine rings is 1. The van der Waals surface area contributed by atoms with Gasteiger partial charge in [0.2, 0.25) is 0 Å². The van der Waals surface area contributed by atoms with Gasteiger partial charge in [-0.05, 0) is 29.7 Å². The highest BCUT2D eigenvalue weighted by Crippen LogP contribution is 2.34. The van der Waals surface area contributed by atoms with E-state index >= 15 is 0 Å². The number of carbonyl (C=O) groups excluding carboxylic acids is 1. The maximum atomic E-state index is 12.6. The highest BCUT2D eigenvalue weighted by Gasteiger charge is 2.31. The van der Waals surface area contributed by atoms with Gasteiger partial charge in [-0.1, -0.05) is 54.3 Å². The van der Waals surface area contributed by atoms with Crippen molar-refractivity contribution in [2.24, 2.45) is 0 Å². The van der Waals surface area contributed by atoms with E-state index in [0.29, 0.717) is 22.2 Å². The third kappa shape index (κ3) is 4.17. The molecule has 0 unspecified atom stereocenters. The summed E-state index contributed by atoms with van der Waals surface area (Å²) in [5.74, 6) is -1.05. The molecular weight excluding hydrogens is 368 g/mol. The lowest BCUT2D eigenvalue weighted by Crippen LogP contribution is -2.29. The fraction of sp³-hybridized carbons (Fsp3) is 0.158. The van der Waals surface area contributed by atoms with Crippen molar-refractivity contribution in [1.29, 1.82) is 0 Å². The summed E-state index contributed by atoms with van der Waals surface area (Å²) < 4.78 is 0.463. The van der Waals surface area contributed by atoms with Crippen molar-refractivity contribution < 1.29 is 14.7 Å². The Morgan fingerprint density at radius 2 is 2.08 bits per heavy atom. The SMILES string of the molecule is O=C(O)CCCN1C(=O)/C(=C/c2ccccc2-c2cccnc2)SC1=S. The first-order valence-corrected chi connectivity index (χ1v) is 9.25. The normalized spacial score (nSPS) is 15.7. The van der Waals surface area contributed by atoms with Crippen LogP contribution in [0.15, 0.2) is 53.7 Å². The topological polar surface area (TPSA) is 70.5 Å². The Hall–Kier alpha value is -2.51. The lowest BCUT2D eigenvalue weighted by Gasteiger charge is -2.13. The summed E-state index contributed by atoms with van der Waals surface area (Å²) in [6.07, 6.45) is 5.72. The zero-order chi connectivity index (χ0) is 18.5. The first-order valence-electron chi connectivity index (χ1n) is 8.03. The molecule has 7 heteroatoms. The number of carboxylic acids is 1. The summed E-state index contributed by atoms with van der Waals surface area (Å²) in [6, 6.07) is 11.6. The number of hydrogen-bond donors (Lipinski definition) is 1. The maximum Gasteiger partial charge on any atom is 0.303 e. The van der Waals surface area contributed by atoms with Gasteiger partial charge in [-0.15, -0.1) is 0 Å². The minimum absolute atomic E-state index is 0.0138. The Morgan fingerprint density at radius 3 is 2.81 bits per heavy atom. The lowest BCUT2D eigenvalue weighted by atomic mass is 10.0. The molecule has 0 radical (unpaired) electrons. The second-order valence-corrected chi connectivity index (χ2v) is 7.34. The molecule has 1 fully saturated rings. The molecule has 1 N–H and O–H groups in total. The van der Waals surface area contributed by atoms with E-state index in [2.05, 4.69) is 4.98 Å². The van der Waals surface area contributed by atoms with Crippen LogP contribution in [0.25, 0.3) is 17.2 Å². The highest BCUT2D eigenvalue weighted by atomic mass is 32.2. The number of thiocarbonyl (C=S) groups is 1. The minimum atomic E-state index is -0.878. The van der Waals surface area contributed by atoms with E-state index in [4.69, 9.17) is 17.3 Å². The summed E-state index contributed by atoms with van der Waals surface area (Å²) in [4.78, 5) is 29.5. The fourth-order valence-electron chi connectivity index (χ4n) is 2.63. The number of nitrogens with zero attached hydrogens (tertiary/aromatic N) is 2. The van der Waals surface area contributed by atoms with Crippen molar-refractivity contribution in [3.63, 3.8) is 0 Å². The van der Waals surface area contributed by atoms with E-state index in [-0.39, 0.29) is 12.3 Å². The fourth-order valence-corrected chi connectivity index (χ4v) is 3.93. The molecule has 3 rings (SSSR count). The molecule has 1 aromatic heterocycles. The van der Waals surface area contributed by atoms with Crippen molar-refractivity contribution in [2.75, 3.05) is 6.54 Å². The predicted molar refractivity (Wildman–Crippen MR) is 106 cm³/mol. The third-order valence-electron chi connectivity index (χ3n) is 3.87. The van der Waals surface area contributed by atoms with Crippen LogP contribution in [0.5, 0.6) is 0 Å². The van der Waals surface area contributed by atoms with E-state index in [1.165, 1.54) is 16.7 Å². The zero-order valence-electron chi connectivity index (χ0n) is 13.8. The van der Waals surface area contributed by atoms with Gasteiger partial charge in [-0.25, -0.2) is 0 Å². The molecule has 2 aromatic rings. The van der Waals surface area contributed by atoms with Crippen LogP contribution in [0.2, 0.25) is 0 Å². The first kappa shape index (κ1) is 18.3. The van der Waals surface area contributed by atoms with Crippen molar-refractivity contribution in [2.45, 2.75) is 12.8 Å². The van der Waals surface area contributed by atoms with Crippen LogP contribution < -0.4 is 0 Å². The van der Waals surface area contributed by atoms with Crippen molar-refractivity contribution in [3.05, 3.63) is 59.3 Å². The second-order valence-electron chi connectivity index (χ2n) is 5.66. The first-order chi connectivity index (χ1) is 12.6. The molecule has 1 saturated heterocycles. The van der Waals surface area contributed by atoms with E-state index in [9.17, 15) is 9.59 Å². The van der Waals surface area contributed by atoms with E-state index in [1.807, 2.05) is 42.5 Å². The van der Waals surface area contributed by atoms with Gasteiger partial charge in [0.1, 0.15) is 4.32 Å². The number of benzene rings is 1. The van der Waals surface area contributed by atoms with Gasteiger partial charge in [-0.2, -0.15) is 0 Å². The summed E-state index contributed by atoms with van der Waals surface area (Å²) in [6.45, 7) is 0.318. The molecule has 0 spiro atoms. The maximum absolute atomic E-state index is 12.6. The number of hydrogen-bond acceptors (Lipinski definition) is 5. The molecule has 26 heavy (non-hydrogen) atoms. The number of carbonyl (C=O) groups is 2. The van der Waals surface area contributed by atoms with E-state index in [0.717, 1.165) is 16.7 Å². The molecule has 0 aliphatic carbocycles. The summed E-state index contributed by atoms with van der Waals surface area (Å²) in [7, 11) is 0. The molecule has 1 aliphatic rings. The van der Waals surface area contributed by atoms with Crippen LogP contribution in [0, 0.1) is 0 Å². The molecule has 0 bridgehead atoms. The number of aromatic nitrogens is 1. The van der Waals surface area contributed by atoms with Crippen molar-refractivity contribution >= 4 is 46.3 Å². The molecule has 5 nitrogen and oxygen atoms in total. The molecule has 2 heterocycles. The predicted octanol–water partition coefficient (Wildman–Crippen LogP) is 3.81. The van der Waals surface area contributed by atoms with Gasteiger partial charge >= 0.3 is 5.97 Å². The Labute approximate surface area is 160 Å². The Bertz CT molecular complexity index is 881. The van der Waals surface area contributed by atoms with Crippen LogP contribution in [-0.4, -0.2) is 37.7 Å². The lowest BCUT2D eigenvalue weighted by molar-refractivity contribution is -0.137. The highest BCUT2D eigenvalue weighted by molar-refractivity contribution is 8.26. The standard InChI is InChI=1S/C19H16N2O3S2/c22-17(23)8-4-10-21-18(24)16(26-19(21)25)11-13-5-1-2-7-15(13)14-6-3-9-20-12-14/h1-3,5-7,9,11-12H,4,8,10H2,(H,22,23)/b16-11-. The largest absolute Gasteiger partial charge is 0.481 e. The average molecular weight is 384 g/mol. The average Bonchev–Trinajstić information content (AvgIpc) is 2.90. The van der Waals surface area contributed by atoms with Gasteiger partial charge in [0.05, 0.1) is 4.91 Å². The van der Waals surface area contributed by atoms with Gasteiger partial charge in [0.15, 0.2) is 0 Å². The number of aliphatic carboxylic acids is 1. The molecule has 0 atom stereocenters. The van der Waals surface area contributed by atoms with Crippen molar-refractivity contribution in [1.82, 2.24) is 9.88 Å². The van der Waals surface area contributed by atoms with Crippen LogP contribution in [0.4, 0.5) is 0 Å². The Balaban J connectivity index is 1.84. The molecular formula is C19H16N2O3S2. The van der Waals surface area contributed by atoms with Crippen LogP contribution in [0.1, 0.15) is 18.4 Å². The monoisotopic (exact) mass is 384 g/mol. The number of rotatable bonds is 6. The third-order valence-corrected chi connectivity index (χ3v) is 5.24. The zero-order valence-corrected chi connectivity index (χ0v) is 15.4. The summed E-state index contributed by atoms with van der Waals surface area (Å²) >= 11 is 6.53. The summed E-state index contributed by atoms with van der Waals surface area (Å²) in [5.41, 5.74) is 2.86. The summed E-state index contributed by atoms with van der Waals surface area (Å²) in [5, 5.41) is 8.75. The van der Waals surface area contributed by atoms with Gasteiger partial charge in [-0.3, -0.25) is 19.5 Å². The van der Waals surface area contributed by atoms with Crippen molar-refractivity contribution in [3.8, 4) is 11.1 Å².